The second kappa shape index (κ2) is 9.33. The molecule has 2 rings (SSSR count). The fourth-order valence-electron chi connectivity index (χ4n) is 2.03. The molecule has 0 saturated carbocycles. The fourth-order valence-corrected chi connectivity index (χ4v) is 2.44. The van der Waals surface area contributed by atoms with Crippen LogP contribution in [0.3, 0.4) is 0 Å². The summed E-state index contributed by atoms with van der Waals surface area (Å²) in [5, 5.41) is 4.19. The van der Waals surface area contributed by atoms with Gasteiger partial charge in [0.2, 0.25) is 0 Å². The first-order chi connectivity index (χ1) is 11.2. The van der Waals surface area contributed by atoms with Crippen LogP contribution in [0.25, 0.3) is 0 Å². The standard InChI is InChI=1S/C16H19Cl2N5/c1-13-16(20-9-8-19-13)22-21-12-14-2-4-15(5-3-14)23(10-6-17)11-7-18/h2-5,8-9,12H,6-7,10-11H2,1H3,(H,20,22)/b21-12-. The topological polar surface area (TPSA) is 53.4 Å². The number of hydrazone groups is 1. The Morgan fingerprint density at radius 1 is 1.09 bits per heavy atom. The highest BCUT2D eigenvalue weighted by Gasteiger charge is 2.04. The first-order valence-electron chi connectivity index (χ1n) is 7.28. The molecule has 0 aliphatic carbocycles. The van der Waals surface area contributed by atoms with Crippen LogP contribution in [0.5, 0.6) is 0 Å². The molecule has 0 aliphatic heterocycles. The zero-order chi connectivity index (χ0) is 16.5. The molecule has 1 N–H and O–H groups in total. The van der Waals surface area contributed by atoms with Gasteiger partial charge in [-0.25, -0.2) is 4.98 Å². The van der Waals surface area contributed by atoms with E-state index in [1.54, 1.807) is 18.6 Å². The minimum absolute atomic E-state index is 0.571. The molecule has 0 radical (unpaired) electrons. The Morgan fingerprint density at radius 3 is 2.35 bits per heavy atom. The van der Waals surface area contributed by atoms with Crippen molar-refractivity contribution in [1.29, 1.82) is 0 Å². The highest BCUT2D eigenvalue weighted by molar-refractivity contribution is 6.18. The number of hydrogen-bond donors (Lipinski definition) is 1. The van der Waals surface area contributed by atoms with Crippen LogP contribution in [-0.4, -0.2) is 41.0 Å². The maximum Gasteiger partial charge on any atom is 0.167 e. The molecule has 0 fully saturated rings. The van der Waals surface area contributed by atoms with E-state index in [1.807, 2.05) is 31.2 Å². The molecule has 1 aromatic heterocycles. The molecule has 0 unspecified atom stereocenters. The van der Waals surface area contributed by atoms with Crippen molar-refractivity contribution in [2.45, 2.75) is 6.92 Å². The second-order valence-corrected chi connectivity index (χ2v) is 5.57. The zero-order valence-electron chi connectivity index (χ0n) is 12.9. The molecule has 0 atom stereocenters. The third kappa shape index (κ3) is 5.37. The molecule has 1 aromatic carbocycles. The van der Waals surface area contributed by atoms with E-state index in [2.05, 4.69) is 25.4 Å². The van der Waals surface area contributed by atoms with Crippen LogP contribution in [0.2, 0.25) is 0 Å². The molecule has 23 heavy (non-hydrogen) atoms. The lowest BCUT2D eigenvalue weighted by Crippen LogP contribution is -2.27. The Labute approximate surface area is 146 Å². The molecule has 5 nitrogen and oxygen atoms in total. The predicted molar refractivity (Wildman–Crippen MR) is 98.1 cm³/mol. The van der Waals surface area contributed by atoms with Crippen LogP contribution >= 0.6 is 23.2 Å². The van der Waals surface area contributed by atoms with Gasteiger partial charge >= 0.3 is 0 Å². The first-order valence-corrected chi connectivity index (χ1v) is 8.35. The van der Waals surface area contributed by atoms with Crippen LogP contribution in [0, 0.1) is 6.92 Å². The van der Waals surface area contributed by atoms with Crippen LogP contribution in [0.15, 0.2) is 41.8 Å². The van der Waals surface area contributed by atoms with Gasteiger partial charge in [-0.15, -0.1) is 23.2 Å². The molecule has 7 heteroatoms. The van der Waals surface area contributed by atoms with Gasteiger partial charge in [-0.05, 0) is 24.6 Å². The number of nitrogens with zero attached hydrogens (tertiary/aromatic N) is 4. The van der Waals surface area contributed by atoms with Gasteiger partial charge < -0.3 is 4.90 Å². The lowest BCUT2D eigenvalue weighted by atomic mass is 10.2. The number of anilines is 2. The molecular formula is C16H19Cl2N5. The van der Waals surface area contributed by atoms with E-state index < -0.39 is 0 Å². The van der Waals surface area contributed by atoms with Crippen LogP contribution in [0.1, 0.15) is 11.3 Å². The molecular weight excluding hydrogens is 333 g/mol. The number of nitrogens with one attached hydrogen (secondary N) is 1. The third-order valence-electron chi connectivity index (χ3n) is 3.23. The van der Waals surface area contributed by atoms with Crippen molar-refractivity contribution in [2.75, 3.05) is 35.2 Å². The van der Waals surface area contributed by atoms with E-state index in [0.717, 1.165) is 30.0 Å². The number of rotatable bonds is 8. The maximum absolute atomic E-state index is 5.83. The van der Waals surface area contributed by atoms with Crippen LogP contribution in [0.4, 0.5) is 11.5 Å². The summed E-state index contributed by atoms with van der Waals surface area (Å²) in [6, 6.07) is 8.07. The second-order valence-electron chi connectivity index (χ2n) is 4.82. The first kappa shape index (κ1) is 17.5. The number of aromatic nitrogens is 2. The van der Waals surface area contributed by atoms with Crippen molar-refractivity contribution >= 4 is 40.9 Å². The van der Waals surface area contributed by atoms with Crippen LogP contribution < -0.4 is 10.3 Å². The van der Waals surface area contributed by atoms with Gasteiger partial charge in [0.25, 0.3) is 0 Å². The minimum Gasteiger partial charge on any atom is -0.369 e. The van der Waals surface area contributed by atoms with Crippen molar-refractivity contribution in [1.82, 2.24) is 9.97 Å². The molecule has 2 aromatic rings. The van der Waals surface area contributed by atoms with Crippen molar-refractivity contribution in [2.24, 2.45) is 5.10 Å². The van der Waals surface area contributed by atoms with Gasteiger partial charge in [0.1, 0.15) is 0 Å². The maximum atomic E-state index is 5.83. The van der Waals surface area contributed by atoms with E-state index in [4.69, 9.17) is 23.2 Å². The van der Waals surface area contributed by atoms with Crippen LogP contribution in [-0.2, 0) is 0 Å². The number of aryl methyl sites for hydroxylation is 1. The van der Waals surface area contributed by atoms with Gasteiger partial charge in [-0.2, -0.15) is 5.10 Å². The van der Waals surface area contributed by atoms with Crippen molar-refractivity contribution < 1.29 is 0 Å². The molecule has 1 heterocycles. The molecule has 0 saturated heterocycles. The lowest BCUT2D eigenvalue weighted by Gasteiger charge is -2.22. The van der Waals surface area contributed by atoms with E-state index in [9.17, 15) is 0 Å². The molecule has 122 valence electrons. The Bertz CT molecular complexity index is 625. The lowest BCUT2D eigenvalue weighted by molar-refractivity contribution is 0.874. The summed E-state index contributed by atoms with van der Waals surface area (Å²) >= 11 is 11.7. The number of halogens is 2. The van der Waals surface area contributed by atoms with E-state index in [-0.39, 0.29) is 0 Å². The van der Waals surface area contributed by atoms with Crippen molar-refractivity contribution in [3.63, 3.8) is 0 Å². The SMILES string of the molecule is Cc1nccnc1N/N=C\c1ccc(N(CCCl)CCCl)cc1. The summed E-state index contributed by atoms with van der Waals surface area (Å²) < 4.78 is 0. The highest BCUT2D eigenvalue weighted by atomic mass is 35.5. The highest BCUT2D eigenvalue weighted by Crippen LogP contribution is 2.15. The molecule has 0 aliphatic rings. The van der Waals surface area contributed by atoms with Crippen molar-refractivity contribution in [3.8, 4) is 0 Å². The largest absolute Gasteiger partial charge is 0.369 e. The van der Waals surface area contributed by atoms with Gasteiger partial charge in [0.15, 0.2) is 5.82 Å². The minimum atomic E-state index is 0.571. The Hall–Kier alpha value is -1.85. The van der Waals surface area contributed by atoms with E-state index >= 15 is 0 Å². The summed E-state index contributed by atoms with van der Waals surface area (Å²) in [6.07, 6.45) is 5.02. The Morgan fingerprint density at radius 2 is 1.74 bits per heavy atom. The monoisotopic (exact) mass is 351 g/mol. The fraction of sp³-hybridized carbons (Fsp3) is 0.312. The quantitative estimate of drug-likeness (QED) is 0.449. The van der Waals surface area contributed by atoms with Crippen molar-refractivity contribution in [3.05, 3.63) is 47.9 Å². The molecule has 0 bridgehead atoms. The van der Waals surface area contributed by atoms with Gasteiger partial charge in [0.05, 0.1) is 11.9 Å². The van der Waals surface area contributed by atoms with Gasteiger partial charge in [-0.3, -0.25) is 10.4 Å². The average Bonchev–Trinajstić information content (AvgIpc) is 2.57. The zero-order valence-corrected chi connectivity index (χ0v) is 14.4. The normalized spacial score (nSPS) is 10.9. The van der Waals surface area contributed by atoms with Gasteiger partial charge in [0, 0.05) is 42.9 Å². The van der Waals surface area contributed by atoms with E-state index in [1.165, 1.54) is 0 Å². The molecule has 0 amide bonds. The van der Waals surface area contributed by atoms with E-state index in [0.29, 0.717) is 17.6 Å². The number of benzene rings is 1. The summed E-state index contributed by atoms with van der Waals surface area (Å²) in [5.41, 5.74) is 5.78. The number of alkyl halides is 2. The predicted octanol–water partition coefficient (Wildman–Crippen LogP) is 3.52. The smallest absolute Gasteiger partial charge is 0.167 e. The van der Waals surface area contributed by atoms with Gasteiger partial charge in [-0.1, -0.05) is 12.1 Å². The summed E-state index contributed by atoms with van der Waals surface area (Å²) in [7, 11) is 0. The Balaban J connectivity index is 1.99. The molecule has 0 spiro atoms. The third-order valence-corrected chi connectivity index (χ3v) is 3.57. The summed E-state index contributed by atoms with van der Waals surface area (Å²) in [5.74, 6) is 1.79. The Kier molecular flexibility index (Phi) is 7.10. The number of hydrogen-bond acceptors (Lipinski definition) is 5. The average molecular weight is 352 g/mol. The summed E-state index contributed by atoms with van der Waals surface area (Å²) in [4.78, 5) is 10.5. The summed E-state index contributed by atoms with van der Waals surface area (Å²) in [6.45, 7) is 3.42.